The van der Waals surface area contributed by atoms with Crippen LogP contribution in [0.4, 0.5) is 0 Å². The van der Waals surface area contributed by atoms with Crippen LogP contribution in [-0.2, 0) is 14.4 Å². The summed E-state index contributed by atoms with van der Waals surface area (Å²) in [7, 11) is 1.42. The molecule has 1 saturated carbocycles. The van der Waals surface area contributed by atoms with Crippen LogP contribution >= 0.6 is 0 Å². The van der Waals surface area contributed by atoms with Crippen molar-refractivity contribution in [2.24, 2.45) is 11.8 Å². The van der Waals surface area contributed by atoms with Gasteiger partial charge in [-0.1, -0.05) is 0 Å². The molecule has 1 heterocycles. The Hall–Kier alpha value is -1.10. The number of nitrogens with one attached hydrogen (secondary N) is 1. The minimum atomic E-state index is -0.115. The summed E-state index contributed by atoms with van der Waals surface area (Å²) in [5.41, 5.74) is 2.34. The standard InChI is InChI=1S/C11H18N2O3/c1-16-12-10(14)9-3-2-6-13(7-9)11(15)8-4-5-8/h8-9H,2-7H2,1H3,(H,12,14)/t9-/m1/s1. The summed E-state index contributed by atoms with van der Waals surface area (Å²) in [5.74, 6) is 0.242. The Morgan fingerprint density at radius 2 is 2.00 bits per heavy atom. The molecule has 1 atom stereocenters. The smallest absolute Gasteiger partial charge is 0.248 e. The normalized spacial score (nSPS) is 25.3. The number of rotatable bonds is 3. The predicted octanol–water partition coefficient (Wildman–Crippen LogP) is 0.313. The van der Waals surface area contributed by atoms with Crippen molar-refractivity contribution < 1.29 is 14.4 Å². The third kappa shape index (κ3) is 2.52. The molecule has 2 aliphatic rings. The molecule has 0 radical (unpaired) electrons. The van der Waals surface area contributed by atoms with Crippen LogP contribution in [0.15, 0.2) is 0 Å². The highest BCUT2D eigenvalue weighted by atomic mass is 16.6. The summed E-state index contributed by atoms with van der Waals surface area (Å²) in [4.78, 5) is 29.9. The van der Waals surface area contributed by atoms with Gasteiger partial charge in [-0.05, 0) is 25.7 Å². The van der Waals surface area contributed by atoms with Gasteiger partial charge in [-0.3, -0.25) is 14.4 Å². The Bertz CT molecular complexity index is 289. The zero-order valence-electron chi connectivity index (χ0n) is 9.57. The Balaban J connectivity index is 1.87. The Morgan fingerprint density at radius 1 is 1.25 bits per heavy atom. The largest absolute Gasteiger partial charge is 0.342 e. The van der Waals surface area contributed by atoms with E-state index in [1.165, 1.54) is 7.11 Å². The highest BCUT2D eigenvalue weighted by molar-refractivity contribution is 5.83. The van der Waals surface area contributed by atoms with E-state index in [0.717, 1.165) is 32.2 Å². The van der Waals surface area contributed by atoms with Crippen LogP contribution in [0.5, 0.6) is 0 Å². The fourth-order valence-electron chi connectivity index (χ4n) is 2.16. The molecular formula is C11H18N2O3. The molecule has 1 aliphatic heterocycles. The van der Waals surface area contributed by atoms with Gasteiger partial charge >= 0.3 is 0 Å². The minimum Gasteiger partial charge on any atom is -0.342 e. The molecule has 1 N–H and O–H groups in total. The lowest BCUT2D eigenvalue weighted by Crippen LogP contribution is -2.45. The van der Waals surface area contributed by atoms with Crippen molar-refractivity contribution in [2.75, 3.05) is 20.2 Å². The highest BCUT2D eigenvalue weighted by Crippen LogP contribution is 2.32. The highest BCUT2D eigenvalue weighted by Gasteiger charge is 2.36. The van der Waals surface area contributed by atoms with Gasteiger partial charge in [0.2, 0.25) is 11.8 Å². The molecule has 90 valence electrons. The number of amides is 2. The summed E-state index contributed by atoms with van der Waals surface area (Å²) in [5, 5.41) is 0. The second kappa shape index (κ2) is 4.82. The van der Waals surface area contributed by atoms with Crippen LogP contribution in [0.3, 0.4) is 0 Å². The molecule has 1 aliphatic carbocycles. The molecule has 1 saturated heterocycles. The van der Waals surface area contributed by atoms with Gasteiger partial charge in [0.05, 0.1) is 13.0 Å². The van der Waals surface area contributed by atoms with E-state index in [2.05, 4.69) is 10.3 Å². The topological polar surface area (TPSA) is 58.6 Å². The molecular weight excluding hydrogens is 208 g/mol. The molecule has 0 unspecified atom stereocenters. The average Bonchev–Trinajstić information content (AvgIpc) is 3.12. The van der Waals surface area contributed by atoms with Crippen molar-refractivity contribution in [1.29, 1.82) is 0 Å². The summed E-state index contributed by atoms with van der Waals surface area (Å²) < 4.78 is 0. The van der Waals surface area contributed by atoms with E-state index < -0.39 is 0 Å². The van der Waals surface area contributed by atoms with E-state index in [9.17, 15) is 9.59 Å². The van der Waals surface area contributed by atoms with Gasteiger partial charge in [-0.15, -0.1) is 0 Å². The van der Waals surface area contributed by atoms with Crippen molar-refractivity contribution in [3.63, 3.8) is 0 Å². The maximum Gasteiger partial charge on any atom is 0.248 e. The molecule has 5 nitrogen and oxygen atoms in total. The number of nitrogens with zero attached hydrogens (tertiary/aromatic N) is 1. The second-order valence-corrected chi connectivity index (χ2v) is 4.57. The van der Waals surface area contributed by atoms with Gasteiger partial charge in [0, 0.05) is 19.0 Å². The van der Waals surface area contributed by atoms with E-state index in [-0.39, 0.29) is 23.7 Å². The Kier molecular flexibility index (Phi) is 3.43. The van der Waals surface area contributed by atoms with Crippen molar-refractivity contribution >= 4 is 11.8 Å². The first-order valence-corrected chi connectivity index (χ1v) is 5.84. The van der Waals surface area contributed by atoms with Crippen LogP contribution in [0.25, 0.3) is 0 Å². The van der Waals surface area contributed by atoms with E-state index >= 15 is 0 Å². The van der Waals surface area contributed by atoms with Crippen LogP contribution < -0.4 is 5.48 Å². The first kappa shape index (κ1) is 11.4. The molecule has 0 aromatic carbocycles. The van der Waals surface area contributed by atoms with Gasteiger partial charge in [0.25, 0.3) is 0 Å². The Labute approximate surface area is 95.1 Å². The number of hydroxylamine groups is 1. The van der Waals surface area contributed by atoms with Crippen LogP contribution in [-0.4, -0.2) is 36.9 Å². The predicted molar refractivity (Wildman–Crippen MR) is 57.2 cm³/mol. The van der Waals surface area contributed by atoms with Crippen LogP contribution in [0.1, 0.15) is 25.7 Å². The number of likely N-dealkylation sites (tertiary alicyclic amines) is 1. The molecule has 0 bridgehead atoms. The number of carbonyl (C=O) groups excluding carboxylic acids is 2. The summed E-state index contributed by atoms with van der Waals surface area (Å²) >= 11 is 0. The summed E-state index contributed by atoms with van der Waals surface area (Å²) in [6, 6.07) is 0. The summed E-state index contributed by atoms with van der Waals surface area (Å²) in [6.07, 6.45) is 3.78. The van der Waals surface area contributed by atoms with E-state index in [0.29, 0.717) is 6.54 Å². The van der Waals surface area contributed by atoms with Gasteiger partial charge in [-0.25, -0.2) is 5.48 Å². The third-order valence-corrected chi connectivity index (χ3v) is 3.23. The number of hydrogen-bond donors (Lipinski definition) is 1. The van der Waals surface area contributed by atoms with Crippen molar-refractivity contribution in [1.82, 2.24) is 10.4 Å². The first-order chi connectivity index (χ1) is 7.72. The van der Waals surface area contributed by atoms with Crippen molar-refractivity contribution in [2.45, 2.75) is 25.7 Å². The van der Waals surface area contributed by atoms with Gasteiger partial charge in [0.15, 0.2) is 0 Å². The SMILES string of the molecule is CONC(=O)[C@@H]1CCCN(C(=O)C2CC2)C1. The van der Waals surface area contributed by atoms with Crippen LogP contribution in [0, 0.1) is 11.8 Å². The number of carbonyl (C=O) groups is 2. The zero-order chi connectivity index (χ0) is 11.5. The molecule has 2 fully saturated rings. The zero-order valence-corrected chi connectivity index (χ0v) is 9.57. The molecule has 0 aromatic heterocycles. The van der Waals surface area contributed by atoms with Gasteiger partial charge in [0.1, 0.15) is 0 Å². The van der Waals surface area contributed by atoms with E-state index in [1.807, 2.05) is 4.90 Å². The second-order valence-electron chi connectivity index (χ2n) is 4.57. The lowest BCUT2D eigenvalue weighted by molar-refractivity contribution is -0.141. The molecule has 2 rings (SSSR count). The molecule has 16 heavy (non-hydrogen) atoms. The minimum absolute atomic E-state index is 0.114. The maximum atomic E-state index is 11.8. The van der Waals surface area contributed by atoms with Crippen molar-refractivity contribution in [3.8, 4) is 0 Å². The number of piperidine rings is 1. The Morgan fingerprint density at radius 3 is 2.62 bits per heavy atom. The van der Waals surface area contributed by atoms with E-state index in [4.69, 9.17) is 0 Å². The fraction of sp³-hybridized carbons (Fsp3) is 0.818. The summed E-state index contributed by atoms with van der Waals surface area (Å²) in [6.45, 7) is 1.34. The van der Waals surface area contributed by atoms with E-state index in [1.54, 1.807) is 0 Å². The molecule has 0 aromatic rings. The average molecular weight is 226 g/mol. The van der Waals surface area contributed by atoms with Gasteiger partial charge in [-0.2, -0.15) is 0 Å². The lowest BCUT2D eigenvalue weighted by atomic mass is 9.97. The van der Waals surface area contributed by atoms with Crippen molar-refractivity contribution in [3.05, 3.63) is 0 Å². The third-order valence-electron chi connectivity index (χ3n) is 3.23. The monoisotopic (exact) mass is 226 g/mol. The number of hydrogen-bond acceptors (Lipinski definition) is 3. The lowest BCUT2D eigenvalue weighted by Gasteiger charge is -2.31. The van der Waals surface area contributed by atoms with Crippen LogP contribution in [0.2, 0.25) is 0 Å². The molecule has 0 spiro atoms. The van der Waals surface area contributed by atoms with Gasteiger partial charge < -0.3 is 4.90 Å². The quantitative estimate of drug-likeness (QED) is 0.705. The maximum absolute atomic E-state index is 11.8. The molecule has 2 amide bonds. The molecule has 5 heteroatoms. The fourth-order valence-corrected chi connectivity index (χ4v) is 2.16. The first-order valence-electron chi connectivity index (χ1n) is 5.84.